The number of thiophene rings is 1. The highest BCUT2D eigenvalue weighted by Gasteiger charge is 2.08. The Bertz CT molecular complexity index is 473. The second kappa shape index (κ2) is 5.68. The van der Waals surface area contributed by atoms with Crippen LogP contribution in [0.25, 0.3) is 0 Å². The van der Waals surface area contributed by atoms with Gasteiger partial charge in [0, 0.05) is 16.8 Å². The third kappa shape index (κ3) is 3.20. The van der Waals surface area contributed by atoms with E-state index in [1.165, 1.54) is 29.0 Å². The van der Waals surface area contributed by atoms with Gasteiger partial charge in [0.05, 0.1) is 7.11 Å². The summed E-state index contributed by atoms with van der Waals surface area (Å²) < 4.78 is 4.68. The maximum absolute atomic E-state index is 11.3. The highest BCUT2D eigenvalue weighted by atomic mass is 32.1. The number of aryl methyl sites for hydroxylation is 2. The highest BCUT2D eigenvalue weighted by molar-refractivity contribution is 7.13. The third-order valence-corrected chi connectivity index (χ3v) is 3.70. The quantitative estimate of drug-likeness (QED) is 0.828. The smallest absolute Gasteiger partial charge is 0.348 e. The number of ether oxygens (including phenoxy) is 1. The molecule has 0 spiro atoms. The lowest BCUT2D eigenvalue weighted by atomic mass is 10.2. The predicted octanol–water partition coefficient (Wildman–Crippen LogP) is 3.04. The molecule has 0 bridgehead atoms. The summed E-state index contributed by atoms with van der Waals surface area (Å²) in [6.45, 7) is 0. The van der Waals surface area contributed by atoms with Crippen molar-refractivity contribution in [2.75, 3.05) is 7.11 Å². The molecule has 0 atom stereocenters. The van der Waals surface area contributed by atoms with Crippen LogP contribution in [0.1, 0.15) is 26.7 Å². The van der Waals surface area contributed by atoms with Gasteiger partial charge in [-0.2, -0.15) is 0 Å². The second-order valence-corrected chi connectivity index (χ2v) is 4.97. The van der Waals surface area contributed by atoms with Gasteiger partial charge in [-0.15, -0.1) is 11.3 Å². The Morgan fingerprint density at radius 1 is 1.35 bits per heavy atom. The summed E-state index contributed by atoms with van der Waals surface area (Å²) >= 11 is 1.52. The summed E-state index contributed by atoms with van der Waals surface area (Å²) in [6, 6.07) is 7.94. The zero-order valence-corrected chi connectivity index (χ0v) is 10.5. The van der Waals surface area contributed by atoms with Gasteiger partial charge in [0.1, 0.15) is 4.88 Å². The molecule has 2 aromatic rings. The van der Waals surface area contributed by atoms with Gasteiger partial charge in [-0.1, -0.05) is 0 Å². The first-order chi connectivity index (χ1) is 8.29. The van der Waals surface area contributed by atoms with Crippen molar-refractivity contribution in [2.45, 2.75) is 19.3 Å². The van der Waals surface area contributed by atoms with E-state index >= 15 is 0 Å². The van der Waals surface area contributed by atoms with E-state index in [9.17, 15) is 4.79 Å². The molecule has 0 amide bonds. The van der Waals surface area contributed by atoms with Gasteiger partial charge in [0.2, 0.25) is 0 Å². The molecule has 0 aliphatic rings. The van der Waals surface area contributed by atoms with Gasteiger partial charge < -0.3 is 9.72 Å². The number of methoxy groups -OCH3 is 1. The molecule has 0 aliphatic carbocycles. The van der Waals surface area contributed by atoms with E-state index in [0.29, 0.717) is 4.88 Å². The molecule has 2 aromatic heterocycles. The molecule has 90 valence electrons. The standard InChI is InChI=1S/C13H15NO2S/c1-16-13(15)12-8-7-11(17-12)6-2-4-10-5-3-9-14-10/h3,5,7-9,14H,2,4,6H2,1H3. The minimum absolute atomic E-state index is 0.245. The van der Waals surface area contributed by atoms with Crippen molar-refractivity contribution in [2.24, 2.45) is 0 Å². The van der Waals surface area contributed by atoms with Gasteiger partial charge in [-0.05, 0) is 43.5 Å². The van der Waals surface area contributed by atoms with E-state index in [4.69, 9.17) is 0 Å². The average Bonchev–Trinajstić information content (AvgIpc) is 2.99. The fourth-order valence-corrected chi connectivity index (χ4v) is 2.67. The minimum Gasteiger partial charge on any atom is -0.465 e. The summed E-state index contributed by atoms with van der Waals surface area (Å²) in [5.74, 6) is -0.245. The van der Waals surface area contributed by atoms with Gasteiger partial charge in [-0.3, -0.25) is 0 Å². The number of rotatable bonds is 5. The molecule has 0 unspecified atom stereocenters. The Morgan fingerprint density at radius 3 is 2.94 bits per heavy atom. The fraction of sp³-hybridized carbons (Fsp3) is 0.308. The lowest BCUT2D eigenvalue weighted by molar-refractivity contribution is 0.0606. The molecule has 0 radical (unpaired) electrons. The van der Waals surface area contributed by atoms with Crippen LogP contribution in [0.15, 0.2) is 30.5 Å². The van der Waals surface area contributed by atoms with Crippen molar-refractivity contribution in [1.29, 1.82) is 0 Å². The molecule has 0 aliphatic heterocycles. The van der Waals surface area contributed by atoms with E-state index in [0.717, 1.165) is 19.3 Å². The summed E-state index contributed by atoms with van der Waals surface area (Å²) in [7, 11) is 1.41. The second-order valence-electron chi connectivity index (χ2n) is 3.81. The number of aromatic amines is 1. The van der Waals surface area contributed by atoms with Crippen LogP contribution in [0.3, 0.4) is 0 Å². The summed E-state index contributed by atoms with van der Waals surface area (Å²) in [6.07, 6.45) is 5.07. The number of nitrogens with one attached hydrogen (secondary N) is 1. The number of H-pyrrole nitrogens is 1. The van der Waals surface area contributed by atoms with E-state index in [1.54, 1.807) is 0 Å². The first kappa shape index (κ1) is 11.9. The van der Waals surface area contributed by atoms with Gasteiger partial charge in [-0.25, -0.2) is 4.79 Å². The number of hydrogen-bond acceptors (Lipinski definition) is 3. The van der Waals surface area contributed by atoms with Crippen LogP contribution in [0, 0.1) is 0 Å². The molecule has 0 aromatic carbocycles. The fourth-order valence-electron chi connectivity index (χ4n) is 1.70. The molecule has 0 saturated heterocycles. The SMILES string of the molecule is COC(=O)c1ccc(CCCc2ccc[nH]2)s1. The maximum Gasteiger partial charge on any atom is 0.348 e. The summed E-state index contributed by atoms with van der Waals surface area (Å²) in [5, 5.41) is 0. The first-order valence-electron chi connectivity index (χ1n) is 5.59. The van der Waals surface area contributed by atoms with Crippen molar-refractivity contribution in [3.8, 4) is 0 Å². The van der Waals surface area contributed by atoms with Crippen molar-refractivity contribution >= 4 is 17.3 Å². The van der Waals surface area contributed by atoms with Crippen LogP contribution >= 0.6 is 11.3 Å². The molecule has 2 rings (SSSR count). The number of hydrogen-bond donors (Lipinski definition) is 1. The Hall–Kier alpha value is -1.55. The number of aromatic nitrogens is 1. The normalized spacial score (nSPS) is 10.4. The van der Waals surface area contributed by atoms with Crippen molar-refractivity contribution < 1.29 is 9.53 Å². The zero-order chi connectivity index (χ0) is 12.1. The molecule has 2 heterocycles. The lowest BCUT2D eigenvalue weighted by Crippen LogP contribution is -1.96. The van der Waals surface area contributed by atoms with Gasteiger partial charge in [0.15, 0.2) is 0 Å². The minimum atomic E-state index is -0.245. The van der Waals surface area contributed by atoms with Crippen LogP contribution in [-0.4, -0.2) is 18.1 Å². The molecular weight excluding hydrogens is 234 g/mol. The van der Waals surface area contributed by atoms with Crippen molar-refractivity contribution in [3.05, 3.63) is 45.9 Å². The zero-order valence-electron chi connectivity index (χ0n) is 9.73. The third-order valence-electron chi connectivity index (χ3n) is 2.58. The van der Waals surface area contributed by atoms with Gasteiger partial charge >= 0.3 is 5.97 Å². The monoisotopic (exact) mass is 249 g/mol. The molecule has 0 fully saturated rings. The number of carbonyl (C=O) groups excluding carboxylic acids is 1. The number of carbonyl (C=O) groups is 1. The average molecular weight is 249 g/mol. The van der Waals surface area contributed by atoms with E-state index in [-0.39, 0.29) is 5.97 Å². The van der Waals surface area contributed by atoms with Crippen LogP contribution < -0.4 is 0 Å². The Morgan fingerprint density at radius 2 is 2.24 bits per heavy atom. The Balaban J connectivity index is 1.83. The van der Waals surface area contributed by atoms with Crippen molar-refractivity contribution in [1.82, 2.24) is 4.98 Å². The number of esters is 1. The van der Waals surface area contributed by atoms with Crippen LogP contribution in [0.5, 0.6) is 0 Å². The Labute approximate surface area is 104 Å². The molecule has 3 nitrogen and oxygen atoms in total. The van der Waals surface area contributed by atoms with Crippen LogP contribution in [-0.2, 0) is 17.6 Å². The molecule has 0 saturated carbocycles. The van der Waals surface area contributed by atoms with Crippen LogP contribution in [0.4, 0.5) is 0 Å². The van der Waals surface area contributed by atoms with Crippen molar-refractivity contribution in [3.63, 3.8) is 0 Å². The van der Waals surface area contributed by atoms with E-state index in [2.05, 4.69) is 15.8 Å². The van der Waals surface area contributed by atoms with E-state index < -0.39 is 0 Å². The van der Waals surface area contributed by atoms with E-state index in [1.807, 2.05) is 24.4 Å². The molecular formula is C13H15NO2S. The maximum atomic E-state index is 11.3. The summed E-state index contributed by atoms with van der Waals surface area (Å²) in [4.78, 5) is 16.4. The molecule has 17 heavy (non-hydrogen) atoms. The largest absolute Gasteiger partial charge is 0.465 e. The highest BCUT2D eigenvalue weighted by Crippen LogP contribution is 2.19. The Kier molecular flexibility index (Phi) is 3.98. The first-order valence-corrected chi connectivity index (χ1v) is 6.40. The summed E-state index contributed by atoms with van der Waals surface area (Å²) in [5.41, 5.74) is 1.26. The van der Waals surface area contributed by atoms with Gasteiger partial charge in [0.25, 0.3) is 0 Å². The molecule has 4 heteroatoms. The topological polar surface area (TPSA) is 42.1 Å². The predicted molar refractivity (Wildman–Crippen MR) is 68.5 cm³/mol. The van der Waals surface area contributed by atoms with Crippen LogP contribution in [0.2, 0.25) is 0 Å². The lowest BCUT2D eigenvalue weighted by Gasteiger charge is -1.97. The molecule has 1 N–H and O–H groups in total.